The number of carboxylic acid groups (broad SMARTS) is 1. The lowest BCUT2D eigenvalue weighted by Gasteiger charge is -2.15. The van der Waals surface area contributed by atoms with Crippen LogP contribution in [0.25, 0.3) is 11.0 Å². The van der Waals surface area contributed by atoms with Crippen LogP contribution < -0.4 is 4.72 Å². The molecule has 2 aromatic carbocycles. The van der Waals surface area contributed by atoms with Gasteiger partial charge >= 0.3 is 5.97 Å². The number of sulfonamides is 1. The maximum atomic E-state index is 12.8. The van der Waals surface area contributed by atoms with Crippen molar-refractivity contribution in [2.45, 2.75) is 36.6 Å². The largest absolute Gasteiger partial charge is 0.480 e. The summed E-state index contributed by atoms with van der Waals surface area (Å²) in [7, 11) is -4.04. The Morgan fingerprint density at radius 1 is 1.07 bits per heavy atom. The van der Waals surface area contributed by atoms with Gasteiger partial charge in [-0.15, -0.1) is 0 Å². The Morgan fingerprint density at radius 3 is 2.56 bits per heavy atom. The van der Waals surface area contributed by atoms with Crippen molar-refractivity contribution < 1.29 is 22.7 Å². The number of fused-ring (bicyclic) bond motifs is 3. The van der Waals surface area contributed by atoms with Crippen molar-refractivity contribution >= 4 is 27.0 Å². The summed E-state index contributed by atoms with van der Waals surface area (Å²) >= 11 is 0. The minimum Gasteiger partial charge on any atom is -0.480 e. The molecule has 3 aromatic rings. The van der Waals surface area contributed by atoms with Crippen LogP contribution in [0, 0.1) is 0 Å². The number of nitrogens with one attached hydrogen (secondary N) is 1. The first-order valence-corrected chi connectivity index (χ1v) is 10.3. The fraction of sp³-hybridized carbons (Fsp3) is 0.250. The highest BCUT2D eigenvalue weighted by atomic mass is 32.2. The second-order valence-electron chi connectivity index (χ2n) is 6.67. The molecule has 0 radical (unpaired) electrons. The zero-order valence-corrected chi connectivity index (χ0v) is 15.3. The van der Waals surface area contributed by atoms with Crippen LogP contribution in [0.15, 0.2) is 57.8 Å². The number of furan rings is 1. The van der Waals surface area contributed by atoms with Crippen LogP contribution in [0.5, 0.6) is 0 Å². The van der Waals surface area contributed by atoms with Crippen molar-refractivity contribution in [1.82, 2.24) is 4.72 Å². The highest BCUT2D eigenvalue weighted by molar-refractivity contribution is 7.89. The number of carboxylic acids is 1. The molecule has 6 nitrogen and oxygen atoms in total. The van der Waals surface area contributed by atoms with E-state index >= 15 is 0 Å². The molecule has 0 saturated heterocycles. The Balaban J connectivity index is 1.69. The third kappa shape index (κ3) is 3.36. The van der Waals surface area contributed by atoms with E-state index in [9.17, 15) is 18.3 Å². The van der Waals surface area contributed by atoms with Crippen molar-refractivity contribution in [2.75, 3.05) is 0 Å². The molecule has 0 saturated carbocycles. The van der Waals surface area contributed by atoms with Gasteiger partial charge < -0.3 is 9.52 Å². The van der Waals surface area contributed by atoms with E-state index < -0.39 is 22.0 Å². The second kappa shape index (κ2) is 6.83. The minimum atomic E-state index is -4.04. The van der Waals surface area contributed by atoms with Crippen LogP contribution in [-0.2, 0) is 27.7 Å². The fourth-order valence-electron chi connectivity index (χ4n) is 3.54. The fourth-order valence-corrected chi connectivity index (χ4v) is 4.73. The normalized spacial score (nSPS) is 15.4. The number of carbonyl (C=O) groups is 1. The van der Waals surface area contributed by atoms with Crippen molar-refractivity contribution in [3.63, 3.8) is 0 Å². The summed E-state index contributed by atoms with van der Waals surface area (Å²) in [5.41, 5.74) is 2.04. The molecule has 1 aliphatic carbocycles. The smallest absolute Gasteiger partial charge is 0.326 e. The first kappa shape index (κ1) is 17.8. The van der Waals surface area contributed by atoms with E-state index in [2.05, 4.69) is 4.72 Å². The molecule has 0 spiro atoms. The molecule has 1 heterocycles. The molecule has 2 N–H and O–H groups in total. The number of aliphatic carboxylic acids is 1. The standard InChI is InChI=1S/C20H19NO5S/c22-20(23)19(13-6-2-1-3-7-13)21-27(24,25)14-10-11-16-15-8-4-5-9-17(15)26-18(16)12-14/h1-3,6-7,10-12,19,21H,4-5,8-9H2,(H,22,23)/t19-/m0/s1. The van der Waals surface area contributed by atoms with Gasteiger partial charge in [0.1, 0.15) is 17.4 Å². The van der Waals surface area contributed by atoms with Gasteiger partial charge in [0.2, 0.25) is 10.0 Å². The highest BCUT2D eigenvalue weighted by Crippen LogP contribution is 2.33. The molecular weight excluding hydrogens is 366 g/mol. The Labute approximate surface area is 156 Å². The van der Waals surface area contributed by atoms with E-state index in [1.807, 2.05) is 0 Å². The zero-order valence-electron chi connectivity index (χ0n) is 14.5. The van der Waals surface area contributed by atoms with Gasteiger partial charge in [0, 0.05) is 23.4 Å². The molecule has 1 aliphatic rings. The number of rotatable bonds is 5. The van der Waals surface area contributed by atoms with Gasteiger partial charge in [-0.3, -0.25) is 4.79 Å². The number of hydrogen-bond donors (Lipinski definition) is 2. The lowest BCUT2D eigenvalue weighted by atomic mass is 9.96. The van der Waals surface area contributed by atoms with Crippen molar-refractivity contribution in [2.24, 2.45) is 0 Å². The summed E-state index contributed by atoms with van der Waals surface area (Å²) in [6, 6.07) is 11.6. The average Bonchev–Trinajstić information content (AvgIpc) is 3.04. The van der Waals surface area contributed by atoms with Crippen LogP contribution in [0.2, 0.25) is 0 Å². The van der Waals surface area contributed by atoms with E-state index in [0.29, 0.717) is 11.1 Å². The second-order valence-corrected chi connectivity index (χ2v) is 8.39. The van der Waals surface area contributed by atoms with Gasteiger partial charge in [-0.05, 0) is 37.0 Å². The molecule has 0 fully saturated rings. The summed E-state index contributed by atoms with van der Waals surface area (Å²) in [4.78, 5) is 11.6. The van der Waals surface area contributed by atoms with Gasteiger partial charge in [-0.1, -0.05) is 30.3 Å². The van der Waals surface area contributed by atoms with Crippen molar-refractivity contribution in [1.29, 1.82) is 0 Å². The monoisotopic (exact) mass is 385 g/mol. The SMILES string of the molecule is O=C(O)[C@@H](NS(=O)(=O)c1ccc2c3c(oc2c1)CCCC3)c1ccccc1. The van der Waals surface area contributed by atoms with Crippen molar-refractivity contribution in [3.8, 4) is 0 Å². The third-order valence-corrected chi connectivity index (χ3v) is 6.31. The van der Waals surface area contributed by atoms with E-state index in [1.54, 1.807) is 36.4 Å². The van der Waals surface area contributed by atoms with Crippen LogP contribution >= 0.6 is 0 Å². The molecule has 1 aromatic heterocycles. The molecule has 7 heteroatoms. The summed E-state index contributed by atoms with van der Waals surface area (Å²) in [6.07, 6.45) is 3.96. The van der Waals surface area contributed by atoms with Gasteiger partial charge in [0.15, 0.2) is 0 Å². The summed E-state index contributed by atoms with van der Waals surface area (Å²) in [5, 5.41) is 10.4. The van der Waals surface area contributed by atoms with Gasteiger partial charge in [-0.2, -0.15) is 4.72 Å². The molecular formula is C20H19NO5S. The molecule has 0 aliphatic heterocycles. The average molecular weight is 385 g/mol. The van der Waals surface area contributed by atoms with E-state index in [-0.39, 0.29) is 4.90 Å². The van der Waals surface area contributed by atoms with Gasteiger partial charge in [-0.25, -0.2) is 8.42 Å². The van der Waals surface area contributed by atoms with Crippen LogP contribution in [0.3, 0.4) is 0 Å². The van der Waals surface area contributed by atoms with E-state index in [1.165, 1.54) is 12.1 Å². The lowest BCUT2D eigenvalue weighted by molar-refractivity contribution is -0.139. The summed E-state index contributed by atoms with van der Waals surface area (Å²) in [6.45, 7) is 0. The Hall–Kier alpha value is -2.64. The molecule has 0 bridgehead atoms. The minimum absolute atomic E-state index is 0.0109. The van der Waals surface area contributed by atoms with Crippen LogP contribution in [-0.4, -0.2) is 19.5 Å². The zero-order chi connectivity index (χ0) is 19.0. The van der Waals surface area contributed by atoms with Gasteiger partial charge in [0.25, 0.3) is 0 Å². The molecule has 1 atom stereocenters. The number of hydrogen-bond acceptors (Lipinski definition) is 4. The third-order valence-electron chi connectivity index (χ3n) is 4.89. The number of aryl methyl sites for hydroxylation is 2. The van der Waals surface area contributed by atoms with Gasteiger partial charge in [0.05, 0.1) is 4.90 Å². The molecule has 27 heavy (non-hydrogen) atoms. The lowest BCUT2D eigenvalue weighted by Crippen LogP contribution is -2.33. The van der Waals surface area contributed by atoms with E-state index in [0.717, 1.165) is 42.4 Å². The Bertz CT molecular complexity index is 1100. The molecule has 4 rings (SSSR count). The molecule has 140 valence electrons. The maximum Gasteiger partial charge on any atom is 0.326 e. The first-order chi connectivity index (χ1) is 13.0. The maximum absolute atomic E-state index is 12.8. The number of benzene rings is 2. The van der Waals surface area contributed by atoms with Crippen LogP contribution in [0.1, 0.15) is 35.8 Å². The summed E-state index contributed by atoms with van der Waals surface area (Å²) in [5.74, 6) is -0.342. The predicted molar refractivity (Wildman–Crippen MR) is 100.0 cm³/mol. The highest BCUT2D eigenvalue weighted by Gasteiger charge is 2.28. The summed E-state index contributed by atoms with van der Waals surface area (Å²) < 4.78 is 33.7. The topological polar surface area (TPSA) is 96.6 Å². The Morgan fingerprint density at radius 2 is 1.81 bits per heavy atom. The predicted octanol–water partition coefficient (Wildman–Crippen LogP) is 3.42. The first-order valence-electron chi connectivity index (χ1n) is 8.80. The van der Waals surface area contributed by atoms with Crippen LogP contribution in [0.4, 0.5) is 0 Å². The molecule has 0 amide bonds. The quantitative estimate of drug-likeness (QED) is 0.701. The Kier molecular flexibility index (Phi) is 4.49. The van der Waals surface area contributed by atoms with E-state index in [4.69, 9.17) is 4.42 Å². The molecule has 0 unspecified atom stereocenters. The van der Waals surface area contributed by atoms with Crippen molar-refractivity contribution in [3.05, 3.63) is 65.4 Å².